The highest BCUT2D eigenvalue weighted by Gasteiger charge is 1.82. The van der Waals surface area contributed by atoms with Crippen molar-refractivity contribution >= 4 is 0 Å². The molecule has 0 aliphatic rings. The zero-order chi connectivity index (χ0) is 12.1. The van der Waals surface area contributed by atoms with Crippen molar-refractivity contribution in [1.29, 1.82) is 0 Å². The fourth-order valence-electron chi connectivity index (χ4n) is 0.654. The summed E-state index contributed by atoms with van der Waals surface area (Å²) in [7, 11) is 0. The molecule has 2 nitrogen and oxygen atoms in total. The molecule has 0 bridgehead atoms. The first-order chi connectivity index (χ1) is 7.00. The van der Waals surface area contributed by atoms with Gasteiger partial charge in [-0.2, -0.15) is 0 Å². The van der Waals surface area contributed by atoms with Crippen LogP contribution in [-0.2, 0) is 4.74 Å². The molecule has 0 heterocycles. The van der Waals surface area contributed by atoms with Crippen molar-refractivity contribution in [2.75, 3.05) is 6.61 Å². The third-order valence-corrected chi connectivity index (χ3v) is 1.30. The molecule has 0 saturated heterocycles. The topological polar surface area (TPSA) is 29.5 Å². The molecule has 0 rings (SSSR count). The summed E-state index contributed by atoms with van der Waals surface area (Å²) in [4.78, 5) is 0. The van der Waals surface area contributed by atoms with E-state index in [1.807, 2.05) is 13.8 Å². The molecule has 15 heavy (non-hydrogen) atoms. The van der Waals surface area contributed by atoms with E-state index in [1.165, 1.54) is 12.8 Å². The van der Waals surface area contributed by atoms with Gasteiger partial charge in [-0.25, -0.2) is 0 Å². The summed E-state index contributed by atoms with van der Waals surface area (Å²) < 4.78 is 5.19. The third kappa shape index (κ3) is 31.9. The average Bonchev–Trinajstić information content (AvgIpc) is 2.09. The van der Waals surface area contributed by atoms with E-state index in [0.29, 0.717) is 0 Å². The smallest absolute Gasteiger partial charge is 0.125 e. The molecule has 0 aromatic rings. The zero-order valence-corrected chi connectivity index (χ0v) is 10.8. The van der Waals surface area contributed by atoms with E-state index in [0.717, 1.165) is 18.6 Å². The SMILES string of the molecule is CC(C)O.CCCCCOC=C=C(C)C. The maximum absolute atomic E-state index is 8.06. The van der Waals surface area contributed by atoms with Crippen LogP contribution in [0, 0.1) is 0 Å². The quantitative estimate of drug-likeness (QED) is 0.430. The Morgan fingerprint density at radius 2 is 1.87 bits per heavy atom. The molecule has 90 valence electrons. The maximum Gasteiger partial charge on any atom is 0.125 e. The fourth-order valence-corrected chi connectivity index (χ4v) is 0.654. The third-order valence-electron chi connectivity index (χ3n) is 1.30. The predicted molar refractivity (Wildman–Crippen MR) is 65.8 cm³/mol. The summed E-state index contributed by atoms with van der Waals surface area (Å²) >= 11 is 0. The van der Waals surface area contributed by atoms with E-state index in [2.05, 4.69) is 12.7 Å². The maximum atomic E-state index is 8.06. The number of allylic oxidation sites excluding steroid dienone is 1. The molecule has 0 unspecified atom stereocenters. The molecule has 0 saturated carbocycles. The highest BCUT2D eigenvalue weighted by atomic mass is 16.5. The Hall–Kier alpha value is -0.720. The summed E-state index contributed by atoms with van der Waals surface area (Å²) in [5.74, 6) is 0. The van der Waals surface area contributed by atoms with Gasteiger partial charge in [0.1, 0.15) is 6.26 Å². The van der Waals surface area contributed by atoms with Crippen LogP contribution in [0.2, 0.25) is 0 Å². The number of hydrogen-bond acceptors (Lipinski definition) is 2. The molecule has 0 amide bonds. The van der Waals surface area contributed by atoms with Gasteiger partial charge in [0, 0.05) is 6.10 Å². The second kappa shape index (κ2) is 13.3. The van der Waals surface area contributed by atoms with Crippen LogP contribution < -0.4 is 0 Å². The van der Waals surface area contributed by atoms with E-state index >= 15 is 0 Å². The van der Waals surface area contributed by atoms with Gasteiger partial charge in [-0.05, 0) is 39.7 Å². The van der Waals surface area contributed by atoms with Crippen LogP contribution in [0.1, 0.15) is 53.9 Å². The lowest BCUT2D eigenvalue weighted by Gasteiger charge is -1.96. The molecule has 0 aliphatic heterocycles. The first-order valence-corrected chi connectivity index (χ1v) is 5.68. The van der Waals surface area contributed by atoms with Gasteiger partial charge in [0.2, 0.25) is 0 Å². The van der Waals surface area contributed by atoms with E-state index in [4.69, 9.17) is 9.84 Å². The lowest BCUT2D eigenvalue weighted by molar-refractivity contribution is 0.216. The standard InChI is InChI=1S/C10H18O.C3H8O/c1-4-5-6-8-11-9-7-10(2)3;1-3(2)4/h9H,4-6,8H2,1-3H3;3-4H,1-2H3. The van der Waals surface area contributed by atoms with E-state index in [9.17, 15) is 0 Å². The summed E-state index contributed by atoms with van der Waals surface area (Å²) in [6.07, 6.45) is 5.14. The van der Waals surface area contributed by atoms with Crippen LogP contribution >= 0.6 is 0 Å². The molecular weight excluding hydrogens is 188 g/mol. The van der Waals surface area contributed by atoms with Gasteiger partial charge in [0.05, 0.1) is 6.61 Å². The Bertz CT molecular complexity index is 170. The largest absolute Gasteiger partial charge is 0.493 e. The molecule has 0 atom stereocenters. The van der Waals surface area contributed by atoms with Crippen LogP contribution in [0.15, 0.2) is 17.6 Å². The Kier molecular flexibility index (Phi) is 14.8. The van der Waals surface area contributed by atoms with Gasteiger partial charge < -0.3 is 9.84 Å². The number of rotatable bonds is 5. The number of aliphatic hydroxyl groups is 1. The van der Waals surface area contributed by atoms with Crippen molar-refractivity contribution in [1.82, 2.24) is 0 Å². The number of unbranched alkanes of at least 4 members (excludes halogenated alkanes) is 2. The minimum absolute atomic E-state index is 0.167. The van der Waals surface area contributed by atoms with Crippen LogP contribution in [0.4, 0.5) is 0 Å². The Balaban J connectivity index is 0. The van der Waals surface area contributed by atoms with E-state index < -0.39 is 0 Å². The van der Waals surface area contributed by atoms with E-state index in [1.54, 1.807) is 20.1 Å². The van der Waals surface area contributed by atoms with Gasteiger partial charge >= 0.3 is 0 Å². The van der Waals surface area contributed by atoms with Gasteiger partial charge in [-0.15, -0.1) is 0 Å². The van der Waals surface area contributed by atoms with Crippen molar-refractivity contribution < 1.29 is 9.84 Å². The van der Waals surface area contributed by atoms with Crippen LogP contribution in [0.5, 0.6) is 0 Å². The molecule has 0 spiro atoms. The molecule has 0 aromatic carbocycles. The van der Waals surface area contributed by atoms with Crippen LogP contribution in [0.3, 0.4) is 0 Å². The molecule has 0 aromatic heterocycles. The van der Waals surface area contributed by atoms with Crippen LogP contribution in [0.25, 0.3) is 0 Å². The molecule has 0 aliphatic carbocycles. The summed E-state index contributed by atoms with van der Waals surface area (Å²) in [5.41, 5.74) is 4.15. The molecular formula is C13H26O2. The summed E-state index contributed by atoms with van der Waals surface area (Å²) in [6, 6.07) is 0. The monoisotopic (exact) mass is 214 g/mol. The fraction of sp³-hybridized carbons (Fsp3) is 0.769. The Morgan fingerprint density at radius 3 is 2.27 bits per heavy atom. The number of hydrogen-bond donors (Lipinski definition) is 1. The average molecular weight is 214 g/mol. The summed E-state index contributed by atoms with van der Waals surface area (Å²) in [5, 5.41) is 8.06. The lowest BCUT2D eigenvalue weighted by Crippen LogP contribution is -1.85. The summed E-state index contributed by atoms with van der Waals surface area (Å²) in [6.45, 7) is 10.5. The minimum atomic E-state index is -0.167. The molecule has 0 fully saturated rings. The lowest BCUT2D eigenvalue weighted by atomic mass is 10.3. The normalized spacial score (nSPS) is 8.73. The van der Waals surface area contributed by atoms with Crippen molar-refractivity contribution in [2.24, 2.45) is 0 Å². The van der Waals surface area contributed by atoms with Crippen molar-refractivity contribution in [3.8, 4) is 0 Å². The zero-order valence-electron chi connectivity index (χ0n) is 10.8. The predicted octanol–water partition coefficient (Wildman–Crippen LogP) is 3.66. The first kappa shape index (κ1) is 16.7. The highest BCUT2D eigenvalue weighted by Crippen LogP contribution is 1.94. The van der Waals surface area contributed by atoms with Crippen molar-refractivity contribution in [3.05, 3.63) is 17.6 Å². The molecule has 0 radical (unpaired) electrons. The van der Waals surface area contributed by atoms with Gasteiger partial charge in [-0.1, -0.05) is 25.5 Å². The molecule has 1 N–H and O–H groups in total. The van der Waals surface area contributed by atoms with Crippen LogP contribution in [-0.4, -0.2) is 17.8 Å². The number of ether oxygens (including phenoxy) is 1. The Labute approximate surface area is 94.7 Å². The first-order valence-electron chi connectivity index (χ1n) is 5.68. The Morgan fingerprint density at radius 1 is 1.33 bits per heavy atom. The minimum Gasteiger partial charge on any atom is -0.493 e. The van der Waals surface area contributed by atoms with Gasteiger partial charge in [0.25, 0.3) is 0 Å². The van der Waals surface area contributed by atoms with Crippen molar-refractivity contribution in [3.63, 3.8) is 0 Å². The van der Waals surface area contributed by atoms with E-state index in [-0.39, 0.29) is 6.10 Å². The number of aliphatic hydroxyl groups excluding tert-OH is 1. The second-order valence-electron chi connectivity index (χ2n) is 3.93. The second-order valence-corrected chi connectivity index (χ2v) is 3.93. The van der Waals surface area contributed by atoms with Gasteiger partial charge in [-0.3, -0.25) is 0 Å². The highest BCUT2D eigenvalue weighted by molar-refractivity contribution is 4.90. The molecule has 2 heteroatoms. The van der Waals surface area contributed by atoms with Gasteiger partial charge in [0.15, 0.2) is 0 Å². The van der Waals surface area contributed by atoms with Crippen molar-refractivity contribution in [2.45, 2.75) is 60.0 Å².